The van der Waals surface area contributed by atoms with E-state index in [0.29, 0.717) is 0 Å². The number of hydrogen-bond donors (Lipinski definition) is 0. The maximum absolute atomic E-state index is 5.32. The average Bonchev–Trinajstić information content (AvgIpc) is 2.41. The normalized spacial score (nSPS) is 12.8. The van der Waals surface area contributed by atoms with Crippen molar-refractivity contribution in [2.45, 2.75) is 26.7 Å². The predicted octanol–water partition coefficient (Wildman–Crippen LogP) is 4.08. The number of ether oxygens (including phenoxy) is 1. The molecule has 1 aliphatic carbocycles. The highest BCUT2D eigenvalue weighted by Gasteiger charge is 2.18. The van der Waals surface area contributed by atoms with Gasteiger partial charge in [0.25, 0.3) is 0 Å². The molecule has 0 amide bonds. The molecule has 0 heterocycles. The highest BCUT2D eigenvalue weighted by Crippen LogP contribution is 2.38. The van der Waals surface area contributed by atoms with E-state index in [2.05, 4.69) is 44.2 Å². The zero-order chi connectivity index (χ0) is 12.7. The monoisotopic (exact) mass is 238 g/mol. The predicted molar refractivity (Wildman–Crippen MR) is 75.3 cm³/mol. The number of hydrogen-bond acceptors (Lipinski definition) is 1. The van der Waals surface area contributed by atoms with E-state index in [9.17, 15) is 0 Å². The largest absolute Gasteiger partial charge is 0.497 e. The van der Waals surface area contributed by atoms with Gasteiger partial charge in [0.15, 0.2) is 0 Å². The molecule has 0 saturated heterocycles. The Morgan fingerprint density at radius 3 is 2.50 bits per heavy atom. The van der Waals surface area contributed by atoms with Crippen LogP contribution in [0.5, 0.6) is 5.75 Å². The van der Waals surface area contributed by atoms with E-state index in [1.807, 2.05) is 0 Å². The highest BCUT2D eigenvalue weighted by atomic mass is 16.5. The van der Waals surface area contributed by atoms with Crippen LogP contribution < -0.4 is 4.74 Å². The molecule has 1 nitrogen and oxygen atoms in total. The molecule has 0 radical (unpaired) electrons. The Bertz CT molecular complexity index is 611. The van der Waals surface area contributed by atoms with Gasteiger partial charge in [0.1, 0.15) is 5.75 Å². The third-order valence-electron chi connectivity index (χ3n) is 4.07. The van der Waals surface area contributed by atoms with Crippen molar-refractivity contribution in [3.8, 4) is 16.9 Å². The Labute approximate surface area is 108 Å². The van der Waals surface area contributed by atoms with Gasteiger partial charge < -0.3 is 4.74 Å². The van der Waals surface area contributed by atoms with E-state index < -0.39 is 0 Å². The van der Waals surface area contributed by atoms with E-state index in [-0.39, 0.29) is 0 Å². The van der Waals surface area contributed by atoms with Crippen molar-refractivity contribution in [2.75, 3.05) is 7.11 Å². The van der Waals surface area contributed by atoms with Gasteiger partial charge in [0.05, 0.1) is 7.11 Å². The fraction of sp³-hybridized carbons (Fsp3) is 0.294. The van der Waals surface area contributed by atoms with Crippen LogP contribution in [0.25, 0.3) is 11.1 Å². The van der Waals surface area contributed by atoms with Crippen molar-refractivity contribution in [2.24, 2.45) is 0 Å². The molecule has 1 heteroatoms. The SMILES string of the molecule is COc1ccc2c(c1)CCc1ccc(C)c(C)c1-2. The Kier molecular flexibility index (Phi) is 2.62. The minimum atomic E-state index is 0.961. The summed E-state index contributed by atoms with van der Waals surface area (Å²) >= 11 is 0. The molecule has 0 aliphatic heterocycles. The first-order valence-electron chi connectivity index (χ1n) is 6.47. The second-order valence-corrected chi connectivity index (χ2v) is 5.06. The minimum absolute atomic E-state index is 0.961. The Morgan fingerprint density at radius 1 is 0.944 bits per heavy atom. The van der Waals surface area contributed by atoms with Gasteiger partial charge in [-0.05, 0) is 72.2 Å². The first-order chi connectivity index (χ1) is 8.70. The van der Waals surface area contributed by atoms with Crippen LogP contribution in [-0.2, 0) is 12.8 Å². The number of aryl methyl sites for hydroxylation is 3. The molecule has 0 saturated carbocycles. The van der Waals surface area contributed by atoms with Crippen LogP contribution in [0.4, 0.5) is 0 Å². The number of rotatable bonds is 1. The lowest BCUT2D eigenvalue weighted by Gasteiger charge is -2.23. The van der Waals surface area contributed by atoms with Crippen molar-refractivity contribution in [3.63, 3.8) is 0 Å². The summed E-state index contributed by atoms with van der Waals surface area (Å²) in [7, 11) is 1.73. The van der Waals surface area contributed by atoms with Gasteiger partial charge in [-0.25, -0.2) is 0 Å². The van der Waals surface area contributed by atoms with Crippen LogP contribution in [0.1, 0.15) is 22.3 Å². The van der Waals surface area contributed by atoms with Crippen LogP contribution >= 0.6 is 0 Å². The number of fused-ring (bicyclic) bond motifs is 3. The van der Waals surface area contributed by atoms with Gasteiger partial charge in [0, 0.05) is 0 Å². The van der Waals surface area contributed by atoms with Gasteiger partial charge in [0.2, 0.25) is 0 Å². The summed E-state index contributed by atoms with van der Waals surface area (Å²) < 4.78 is 5.32. The molecule has 2 aromatic carbocycles. The van der Waals surface area contributed by atoms with Crippen molar-refractivity contribution in [1.29, 1.82) is 0 Å². The zero-order valence-corrected chi connectivity index (χ0v) is 11.2. The summed E-state index contributed by atoms with van der Waals surface area (Å²) in [4.78, 5) is 0. The fourth-order valence-electron chi connectivity index (χ4n) is 2.87. The Balaban J connectivity index is 2.25. The topological polar surface area (TPSA) is 9.23 Å². The number of benzene rings is 2. The summed E-state index contributed by atoms with van der Waals surface area (Å²) in [6.45, 7) is 4.42. The van der Waals surface area contributed by atoms with Gasteiger partial charge in [-0.1, -0.05) is 18.2 Å². The quantitative estimate of drug-likeness (QED) is 0.727. The van der Waals surface area contributed by atoms with E-state index in [4.69, 9.17) is 4.74 Å². The first kappa shape index (κ1) is 11.3. The molecule has 0 aromatic heterocycles. The Morgan fingerprint density at radius 2 is 1.72 bits per heavy atom. The van der Waals surface area contributed by atoms with E-state index in [1.165, 1.54) is 33.4 Å². The lowest BCUT2D eigenvalue weighted by Crippen LogP contribution is -2.06. The molecule has 0 atom stereocenters. The molecule has 0 spiro atoms. The minimum Gasteiger partial charge on any atom is -0.497 e. The van der Waals surface area contributed by atoms with Crippen LogP contribution in [0.2, 0.25) is 0 Å². The molecule has 92 valence electrons. The van der Waals surface area contributed by atoms with Crippen molar-refractivity contribution in [1.82, 2.24) is 0 Å². The van der Waals surface area contributed by atoms with Crippen LogP contribution in [0.3, 0.4) is 0 Å². The average molecular weight is 238 g/mol. The highest BCUT2D eigenvalue weighted by molar-refractivity contribution is 5.77. The van der Waals surface area contributed by atoms with Gasteiger partial charge >= 0.3 is 0 Å². The third kappa shape index (κ3) is 1.62. The second kappa shape index (κ2) is 4.16. The molecule has 2 aromatic rings. The number of methoxy groups -OCH3 is 1. The molecule has 18 heavy (non-hydrogen) atoms. The molecule has 3 rings (SSSR count). The summed E-state index contributed by atoms with van der Waals surface area (Å²) in [5, 5.41) is 0. The molecule has 0 fully saturated rings. The van der Waals surface area contributed by atoms with Crippen molar-refractivity contribution in [3.05, 3.63) is 52.6 Å². The molecule has 1 aliphatic rings. The van der Waals surface area contributed by atoms with Crippen LogP contribution in [0, 0.1) is 13.8 Å². The smallest absolute Gasteiger partial charge is 0.119 e. The second-order valence-electron chi connectivity index (χ2n) is 5.06. The first-order valence-corrected chi connectivity index (χ1v) is 6.47. The van der Waals surface area contributed by atoms with Gasteiger partial charge in [-0.15, -0.1) is 0 Å². The molecule has 0 bridgehead atoms. The van der Waals surface area contributed by atoms with Crippen LogP contribution in [0.15, 0.2) is 30.3 Å². The molecular formula is C17H18O. The summed E-state index contributed by atoms with van der Waals surface area (Å²) in [5.41, 5.74) is 8.51. The zero-order valence-electron chi connectivity index (χ0n) is 11.2. The maximum atomic E-state index is 5.32. The fourth-order valence-corrected chi connectivity index (χ4v) is 2.87. The Hall–Kier alpha value is -1.76. The molecular weight excluding hydrogens is 220 g/mol. The third-order valence-corrected chi connectivity index (χ3v) is 4.07. The van der Waals surface area contributed by atoms with Crippen molar-refractivity contribution < 1.29 is 4.74 Å². The summed E-state index contributed by atoms with van der Waals surface area (Å²) in [5.74, 6) is 0.961. The van der Waals surface area contributed by atoms with E-state index in [0.717, 1.165) is 18.6 Å². The molecule has 0 N–H and O–H groups in total. The summed E-state index contributed by atoms with van der Waals surface area (Å²) in [6.07, 6.45) is 2.25. The van der Waals surface area contributed by atoms with Crippen molar-refractivity contribution >= 4 is 0 Å². The lowest BCUT2D eigenvalue weighted by molar-refractivity contribution is 0.414. The van der Waals surface area contributed by atoms with E-state index in [1.54, 1.807) is 7.11 Å². The summed E-state index contributed by atoms with van der Waals surface area (Å²) in [6, 6.07) is 11.0. The lowest BCUT2D eigenvalue weighted by atomic mass is 9.82. The van der Waals surface area contributed by atoms with Gasteiger partial charge in [-0.2, -0.15) is 0 Å². The van der Waals surface area contributed by atoms with E-state index >= 15 is 0 Å². The maximum Gasteiger partial charge on any atom is 0.119 e. The standard InChI is InChI=1S/C17H18O/c1-11-4-5-13-6-7-14-10-15(18-3)8-9-16(14)17(13)12(11)2/h4-5,8-10H,6-7H2,1-3H3. The van der Waals surface area contributed by atoms with Gasteiger partial charge in [-0.3, -0.25) is 0 Å². The molecule has 0 unspecified atom stereocenters. The van der Waals surface area contributed by atoms with Crippen LogP contribution in [-0.4, -0.2) is 7.11 Å².